The van der Waals surface area contributed by atoms with Crippen LogP contribution in [0.1, 0.15) is 65.7 Å². The van der Waals surface area contributed by atoms with E-state index in [2.05, 4.69) is 6.92 Å². The lowest BCUT2D eigenvalue weighted by molar-refractivity contribution is -0.200. The fraction of sp³-hybridized carbons (Fsp3) is 0.720. The quantitative estimate of drug-likeness (QED) is 0.651. The van der Waals surface area contributed by atoms with Gasteiger partial charge in [0.25, 0.3) is 0 Å². The lowest BCUT2D eigenvalue weighted by Crippen LogP contribution is -2.63. The van der Waals surface area contributed by atoms with Crippen molar-refractivity contribution in [2.45, 2.75) is 77.4 Å². The van der Waals surface area contributed by atoms with E-state index >= 15 is 0 Å². The SMILES string of the molecule is CCCC(=O)O[C@]1(C(=O)CO)CC[C@H]2[C@@H]3CCC4=CC(=O)C=C[C@]4(C)[C@H]3C(O)C[C@@]21C. The summed E-state index contributed by atoms with van der Waals surface area (Å²) >= 11 is 0. The molecule has 0 amide bonds. The zero-order valence-electron chi connectivity index (χ0n) is 18.7. The fourth-order valence-corrected chi connectivity index (χ4v) is 7.57. The number of esters is 1. The fourth-order valence-electron chi connectivity index (χ4n) is 7.57. The van der Waals surface area contributed by atoms with Crippen LogP contribution in [0.3, 0.4) is 0 Å². The molecule has 0 spiro atoms. The van der Waals surface area contributed by atoms with Gasteiger partial charge in [0.15, 0.2) is 11.4 Å². The number of hydrogen-bond donors (Lipinski definition) is 2. The van der Waals surface area contributed by atoms with E-state index in [1.807, 2.05) is 19.9 Å². The van der Waals surface area contributed by atoms with Crippen molar-refractivity contribution in [2.24, 2.45) is 28.6 Å². The predicted octanol–water partition coefficient (Wildman–Crippen LogP) is 2.91. The minimum atomic E-state index is -1.39. The van der Waals surface area contributed by atoms with Gasteiger partial charge in [-0.05, 0) is 62.5 Å². The van der Waals surface area contributed by atoms with Gasteiger partial charge < -0.3 is 14.9 Å². The van der Waals surface area contributed by atoms with Crippen LogP contribution in [0.15, 0.2) is 23.8 Å². The monoisotopic (exact) mass is 430 g/mol. The highest BCUT2D eigenvalue weighted by Gasteiger charge is 2.70. The van der Waals surface area contributed by atoms with Gasteiger partial charge in [0, 0.05) is 23.2 Å². The smallest absolute Gasteiger partial charge is 0.306 e. The van der Waals surface area contributed by atoms with E-state index in [9.17, 15) is 24.6 Å². The van der Waals surface area contributed by atoms with Crippen LogP contribution in [0, 0.1) is 28.6 Å². The van der Waals surface area contributed by atoms with Crippen LogP contribution in [-0.4, -0.2) is 46.1 Å². The molecule has 3 fully saturated rings. The maximum atomic E-state index is 13.1. The first-order valence-corrected chi connectivity index (χ1v) is 11.6. The maximum absolute atomic E-state index is 13.1. The predicted molar refractivity (Wildman–Crippen MR) is 114 cm³/mol. The molecule has 3 saturated carbocycles. The van der Waals surface area contributed by atoms with Crippen molar-refractivity contribution in [3.05, 3.63) is 23.8 Å². The standard InChI is InChI=1S/C25H34O6/c1-4-5-21(30)31-25(20(29)14-26)11-9-18-17-7-6-15-12-16(27)8-10-23(15,2)22(17)19(28)13-24(18,25)3/h8,10,12,17-19,22,26,28H,4-7,9,11,13-14H2,1-3H3/t17-,18-,19?,22+,23-,24-,25-/m0/s1. The minimum absolute atomic E-state index is 0.00248. The van der Waals surface area contributed by atoms with Crippen molar-refractivity contribution in [3.8, 4) is 0 Å². The molecule has 0 aliphatic heterocycles. The third-order valence-corrected chi connectivity index (χ3v) is 8.95. The summed E-state index contributed by atoms with van der Waals surface area (Å²) in [6.07, 6.45) is 8.46. The Morgan fingerprint density at radius 1 is 1.26 bits per heavy atom. The second-order valence-corrected chi connectivity index (χ2v) is 10.4. The number of aliphatic hydroxyl groups is 2. The van der Waals surface area contributed by atoms with E-state index in [1.54, 1.807) is 12.2 Å². The Morgan fingerprint density at radius 3 is 2.68 bits per heavy atom. The maximum Gasteiger partial charge on any atom is 0.306 e. The second kappa shape index (κ2) is 7.66. The zero-order chi connectivity index (χ0) is 22.6. The number of ketones is 2. The van der Waals surface area contributed by atoms with Gasteiger partial charge in [-0.15, -0.1) is 0 Å². The van der Waals surface area contributed by atoms with Crippen molar-refractivity contribution >= 4 is 17.5 Å². The number of carbonyl (C=O) groups is 3. The van der Waals surface area contributed by atoms with Crippen LogP contribution in [0.25, 0.3) is 0 Å². The largest absolute Gasteiger partial charge is 0.450 e. The summed E-state index contributed by atoms with van der Waals surface area (Å²) in [5.41, 5.74) is -1.43. The van der Waals surface area contributed by atoms with Crippen LogP contribution in [-0.2, 0) is 19.1 Å². The van der Waals surface area contributed by atoms with Gasteiger partial charge in [0.05, 0.1) is 6.10 Å². The Balaban J connectivity index is 1.73. The number of hydrogen-bond acceptors (Lipinski definition) is 6. The first-order chi connectivity index (χ1) is 14.6. The number of fused-ring (bicyclic) bond motifs is 5. The number of Topliss-reactive ketones (excluding diaryl/α,β-unsaturated/α-hetero) is 1. The minimum Gasteiger partial charge on any atom is -0.450 e. The number of ether oxygens (including phenoxy) is 1. The molecule has 4 aliphatic rings. The molecule has 0 radical (unpaired) electrons. The lowest BCUT2D eigenvalue weighted by atomic mass is 9.46. The molecule has 4 rings (SSSR count). The molecule has 0 aromatic heterocycles. The molecule has 1 unspecified atom stereocenters. The Labute approximate surface area is 183 Å². The first kappa shape index (κ1) is 22.4. The highest BCUT2D eigenvalue weighted by molar-refractivity contribution is 6.01. The van der Waals surface area contributed by atoms with Crippen LogP contribution >= 0.6 is 0 Å². The summed E-state index contributed by atoms with van der Waals surface area (Å²) in [6.45, 7) is 5.27. The summed E-state index contributed by atoms with van der Waals surface area (Å²) in [5, 5.41) is 21.2. The summed E-state index contributed by atoms with van der Waals surface area (Å²) < 4.78 is 5.91. The Hall–Kier alpha value is -1.79. The van der Waals surface area contributed by atoms with Crippen LogP contribution in [0.2, 0.25) is 0 Å². The van der Waals surface area contributed by atoms with Gasteiger partial charge in [-0.3, -0.25) is 14.4 Å². The summed E-state index contributed by atoms with van der Waals surface area (Å²) in [4.78, 5) is 37.5. The molecule has 2 N–H and O–H groups in total. The van der Waals surface area contributed by atoms with E-state index in [0.29, 0.717) is 25.7 Å². The summed E-state index contributed by atoms with van der Waals surface area (Å²) in [6, 6.07) is 0. The number of aliphatic hydroxyl groups excluding tert-OH is 2. The van der Waals surface area contributed by atoms with E-state index in [4.69, 9.17) is 4.74 Å². The van der Waals surface area contributed by atoms with Gasteiger partial charge in [-0.25, -0.2) is 0 Å². The van der Waals surface area contributed by atoms with Crippen molar-refractivity contribution in [3.63, 3.8) is 0 Å². The Kier molecular flexibility index (Phi) is 5.54. The van der Waals surface area contributed by atoms with Gasteiger partial charge in [0.2, 0.25) is 5.78 Å². The van der Waals surface area contributed by atoms with Crippen LogP contribution in [0.4, 0.5) is 0 Å². The van der Waals surface area contributed by atoms with Gasteiger partial charge >= 0.3 is 5.97 Å². The molecular formula is C25H34O6. The molecular weight excluding hydrogens is 396 g/mol. The number of carbonyl (C=O) groups excluding carboxylic acids is 3. The molecule has 7 atom stereocenters. The van der Waals surface area contributed by atoms with E-state index in [1.165, 1.54) is 0 Å². The average Bonchev–Trinajstić information content (AvgIpc) is 3.00. The summed E-state index contributed by atoms with van der Waals surface area (Å²) in [5.74, 6) is -0.698. The molecule has 0 saturated heterocycles. The van der Waals surface area contributed by atoms with Gasteiger partial charge in [-0.1, -0.05) is 32.4 Å². The molecule has 0 bridgehead atoms. The molecule has 6 heteroatoms. The van der Waals surface area contributed by atoms with Crippen molar-refractivity contribution in [1.82, 2.24) is 0 Å². The lowest BCUT2D eigenvalue weighted by Gasteiger charge is -2.59. The molecule has 0 aromatic rings. The number of allylic oxidation sites excluding steroid dienone is 4. The highest BCUT2D eigenvalue weighted by Crippen LogP contribution is 2.67. The molecule has 0 aromatic carbocycles. The normalized spacial score (nSPS) is 43.5. The first-order valence-electron chi connectivity index (χ1n) is 11.6. The van der Waals surface area contributed by atoms with Gasteiger partial charge in [-0.2, -0.15) is 0 Å². The molecule has 170 valence electrons. The zero-order valence-corrected chi connectivity index (χ0v) is 18.7. The topological polar surface area (TPSA) is 101 Å². The van der Waals surface area contributed by atoms with Crippen molar-refractivity contribution in [1.29, 1.82) is 0 Å². The molecule has 6 nitrogen and oxygen atoms in total. The van der Waals surface area contributed by atoms with Crippen molar-refractivity contribution in [2.75, 3.05) is 6.61 Å². The van der Waals surface area contributed by atoms with Crippen LogP contribution < -0.4 is 0 Å². The summed E-state index contributed by atoms with van der Waals surface area (Å²) in [7, 11) is 0. The second-order valence-electron chi connectivity index (χ2n) is 10.4. The van der Waals surface area contributed by atoms with Crippen LogP contribution in [0.5, 0.6) is 0 Å². The van der Waals surface area contributed by atoms with Crippen molar-refractivity contribution < 1.29 is 29.3 Å². The Bertz CT molecular complexity index is 858. The molecule has 31 heavy (non-hydrogen) atoms. The molecule has 4 aliphatic carbocycles. The third kappa shape index (κ3) is 3.09. The van der Waals surface area contributed by atoms with E-state index in [-0.39, 0.29) is 35.4 Å². The highest BCUT2D eigenvalue weighted by atomic mass is 16.6. The van der Waals surface area contributed by atoms with E-state index in [0.717, 1.165) is 18.4 Å². The Morgan fingerprint density at radius 2 is 2.00 bits per heavy atom. The average molecular weight is 431 g/mol. The molecule has 0 heterocycles. The van der Waals surface area contributed by atoms with E-state index < -0.39 is 35.5 Å². The number of rotatable bonds is 5. The third-order valence-electron chi connectivity index (χ3n) is 8.95. The van der Waals surface area contributed by atoms with Gasteiger partial charge in [0.1, 0.15) is 6.61 Å².